The molecule has 0 bridgehead atoms. The summed E-state index contributed by atoms with van der Waals surface area (Å²) in [5, 5.41) is 14.4. The lowest BCUT2D eigenvalue weighted by molar-refractivity contribution is -0.141. The predicted octanol–water partition coefficient (Wildman–Crippen LogP) is 2.76. The molecule has 25 heavy (non-hydrogen) atoms. The van der Waals surface area contributed by atoms with E-state index in [1.165, 1.54) is 18.4 Å². The second-order valence-electron chi connectivity index (χ2n) is 5.55. The number of furan rings is 1. The molecule has 1 atom stereocenters. The third-order valence-corrected chi connectivity index (χ3v) is 3.62. The van der Waals surface area contributed by atoms with E-state index in [9.17, 15) is 14.4 Å². The normalized spacial score (nSPS) is 11.6. The summed E-state index contributed by atoms with van der Waals surface area (Å²) in [4.78, 5) is 35.3. The minimum Gasteiger partial charge on any atom is -0.481 e. The summed E-state index contributed by atoms with van der Waals surface area (Å²) in [5.74, 6) is -2.19. The van der Waals surface area contributed by atoms with Gasteiger partial charge < -0.3 is 20.2 Å². The van der Waals surface area contributed by atoms with Crippen molar-refractivity contribution < 1.29 is 23.9 Å². The van der Waals surface area contributed by atoms with Gasteiger partial charge in [0.2, 0.25) is 0 Å². The number of hydrogen-bond acceptors (Lipinski definition) is 4. The first-order chi connectivity index (χ1) is 12.0. The van der Waals surface area contributed by atoms with Gasteiger partial charge in [0.1, 0.15) is 0 Å². The zero-order valence-electron chi connectivity index (χ0n) is 13.8. The maximum atomic E-state index is 12.2. The first-order valence-corrected chi connectivity index (χ1v) is 7.97. The summed E-state index contributed by atoms with van der Waals surface area (Å²) in [6, 6.07) is 9.53. The van der Waals surface area contributed by atoms with E-state index in [0.717, 1.165) is 6.42 Å². The van der Waals surface area contributed by atoms with Crippen LogP contribution in [0.1, 0.15) is 40.7 Å². The SMILES string of the molecule is CCCC(CNC(=O)c1cccc(NC(=O)c2ccco2)c1)C(=O)O. The minimum atomic E-state index is -0.929. The van der Waals surface area contributed by atoms with Crippen LogP contribution in [0, 0.1) is 5.92 Å². The molecule has 1 unspecified atom stereocenters. The number of hydrogen-bond donors (Lipinski definition) is 3. The van der Waals surface area contributed by atoms with Gasteiger partial charge in [0.15, 0.2) is 5.76 Å². The van der Waals surface area contributed by atoms with Crippen molar-refractivity contribution in [3.05, 3.63) is 54.0 Å². The van der Waals surface area contributed by atoms with Crippen LogP contribution in [-0.4, -0.2) is 29.4 Å². The Morgan fingerprint density at radius 1 is 1.16 bits per heavy atom. The number of carbonyl (C=O) groups is 3. The van der Waals surface area contributed by atoms with Crippen LogP contribution in [0.3, 0.4) is 0 Å². The first-order valence-electron chi connectivity index (χ1n) is 7.97. The van der Waals surface area contributed by atoms with E-state index < -0.39 is 23.7 Å². The lowest BCUT2D eigenvalue weighted by Crippen LogP contribution is -2.33. The van der Waals surface area contributed by atoms with Crippen molar-refractivity contribution in [2.45, 2.75) is 19.8 Å². The molecule has 0 fully saturated rings. The van der Waals surface area contributed by atoms with E-state index >= 15 is 0 Å². The summed E-state index contributed by atoms with van der Waals surface area (Å²) in [6.45, 7) is 1.95. The van der Waals surface area contributed by atoms with Crippen LogP contribution in [0.5, 0.6) is 0 Å². The fraction of sp³-hybridized carbons (Fsp3) is 0.278. The topological polar surface area (TPSA) is 109 Å². The molecule has 0 aliphatic heterocycles. The molecular weight excluding hydrogens is 324 g/mol. The summed E-state index contributed by atoms with van der Waals surface area (Å²) in [7, 11) is 0. The van der Waals surface area contributed by atoms with Crippen molar-refractivity contribution in [2.24, 2.45) is 5.92 Å². The number of amides is 2. The highest BCUT2D eigenvalue weighted by molar-refractivity contribution is 6.03. The van der Waals surface area contributed by atoms with E-state index in [1.807, 2.05) is 6.92 Å². The Labute approximate surface area is 145 Å². The van der Waals surface area contributed by atoms with Crippen molar-refractivity contribution in [3.8, 4) is 0 Å². The average molecular weight is 344 g/mol. The van der Waals surface area contributed by atoms with Crippen molar-refractivity contribution in [1.29, 1.82) is 0 Å². The standard InChI is InChI=1S/C18H20N2O5/c1-2-5-13(18(23)24)11-19-16(21)12-6-3-7-14(10-12)20-17(22)15-8-4-9-25-15/h3-4,6-10,13H,2,5,11H2,1H3,(H,19,21)(H,20,22)(H,23,24). The number of carboxylic acids is 1. The van der Waals surface area contributed by atoms with Crippen molar-refractivity contribution >= 4 is 23.5 Å². The van der Waals surface area contributed by atoms with Gasteiger partial charge in [-0.15, -0.1) is 0 Å². The summed E-state index contributed by atoms with van der Waals surface area (Å²) >= 11 is 0. The number of aliphatic carboxylic acids is 1. The Hall–Kier alpha value is -3.09. The van der Waals surface area contributed by atoms with Gasteiger partial charge in [-0.3, -0.25) is 14.4 Å². The van der Waals surface area contributed by atoms with Gasteiger partial charge in [-0.25, -0.2) is 0 Å². The molecule has 0 radical (unpaired) electrons. The van der Waals surface area contributed by atoms with E-state index in [4.69, 9.17) is 9.52 Å². The Bertz CT molecular complexity index is 740. The van der Waals surface area contributed by atoms with Crippen LogP contribution in [0.15, 0.2) is 47.1 Å². The maximum Gasteiger partial charge on any atom is 0.308 e. The fourth-order valence-corrected chi connectivity index (χ4v) is 2.32. The Morgan fingerprint density at radius 3 is 2.60 bits per heavy atom. The number of carbonyl (C=O) groups excluding carboxylic acids is 2. The zero-order valence-corrected chi connectivity index (χ0v) is 13.8. The van der Waals surface area contributed by atoms with Crippen LogP contribution in [0.2, 0.25) is 0 Å². The number of nitrogens with one attached hydrogen (secondary N) is 2. The summed E-state index contributed by atoms with van der Waals surface area (Å²) in [6.07, 6.45) is 2.62. The molecular formula is C18H20N2O5. The Kier molecular flexibility index (Phi) is 6.33. The maximum absolute atomic E-state index is 12.2. The summed E-state index contributed by atoms with van der Waals surface area (Å²) < 4.78 is 5.01. The van der Waals surface area contributed by atoms with Gasteiger partial charge >= 0.3 is 5.97 Å². The second kappa shape index (κ2) is 8.68. The largest absolute Gasteiger partial charge is 0.481 e. The molecule has 2 aromatic rings. The Balaban J connectivity index is 1.98. The summed E-state index contributed by atoms with van der Waals surface area (Å²) in [5.41, 5.74) is 0.773. The predicted molar refractivity (Wildman–Crippen MR) is 91.5 cm³/mol. The number of carboxylic acid groups (broad SMARTS) is 1. The molecule has 1 aromatic heterocycles. The lowest BCUT2D eigenvalue weighted by atomic mass is 10.0. The highest BCUT2D eigenvalue weighted by Crippen LogP contribution is 2.13. The van der Waals surface area contributed by atoms with Gasteiger partial charge in [0.05, 0.1) is 12.2 Å². The van der Waals surface area contributed by atoms with Crippen molar-refractivity contribution in [2.75, 3.05) is 11.9 Å². The van der Waals surface area contributed by atoms with Crippen LogP contribution >= 0.6 is 0 Å². The zero-order chi connectivity index (χ0) is 18.2. The molecule has 3 N–H and O–H groups in total. The number of rotatable bonds is 8. The van der Waals surface area contributed by atoms with E-state index in [2.05, 4.69) is 10.6 Å². The molecule has 1 heterocycles. The molecule has 7 nitrogen and oxygen atoms in total. The first kappa shape index (κ1) is 18.3. The molecule has 0 aliphatic rings. The molecule has 0 aliphatic carbocycles. The van der Waals surface area contributed by atoms with Gasteiger partial charge in [0, 0.05) is 17.8 Å². The van der Waals surface area contributed by atoms with E-state index in [-0.39, 0.29) is 12.3 Å². The van der Waals surface area contributed by atoms with Gasteiger partial charge in [0.25, 0.3) is 11.8 Å². The molecule has 1 aromatic carbocycles. The van der Waals surface area contributed by atoms with Gasteiger partial charge in [-0.1, -0.05) is 19.4 Å². The molecule has 0 saturated carbocycles. The highest BCUT2D eigenvalue weighted by Gasteiger charge is 2.18. The van der Waals surface area contributed by atoms with Crippen LogP contribution < -0.4 is 10.6 Å². The molecule has 7 heteroatoms. The van der Waals surface area contributed by atoms with Crippen LogP contribution in [-0.2, 0) is 4.79 Å². The molecule has 2 rings (SSSR count). The molecule has 0 saturated heterocycles. The van der Waals surface area contributed by atoms with E-state index in [1.54, 1.807) is 24.3 Å². The molecule has 2 amide bonds. The third kappa shape index (κ3) is 5.20. The lowest BCUT2D eigenvalue weighted by Gasteiger charge is -2.13. The third-order valence-electron chi connectivity index (χ3n) is 3.62. The quantitative estimate of drug-likeness (QED) is 0.682. The molecule has 0 spiro atoms. The number of anilines is 1. The van der Waals surface area contributed by atoms with Crippen LogP contribution in [0.4, 0.5) is 5.69 Å². The highest BCUT2D eigenvalue weighted by atomic mass is 16.4. The Morgan fingerprint density at radius 2 is 1.96 bits per heavy atom. The smallest absolute Gasteiger partial charge is 0.308 e. The van der Waals surface area contributed by atoms with Crippen LogP contribution in [0.25, 0.3) is 0 Å². The molecule has 132 valence electrons. The van der Waals surface area contributed by atoms with E-state index in [0.29, 0.717) is 17.7 Å². The average Bonchev–Trinajstić information content (AvgIpc) is 3.13. The van der Waals surface area contributed by atoms with Crippen molar-refractivity contribution in [1.82, 2.24) is 5.32 Å². The number of benzene rings is 1. The second-order valence-corrected chi connectivity index (χ2v) is 5.55. The fourth-order valence-electron chi connectivity index (χ4n) is 2.32. The monoisotopic (exact) mass is 344 g/mol. The minimum absolute atomic E-state index is 0.0605. The van der Waals surface area contributed by atoms with Gasteiger partial charge in [-0.2, -0.15) is 0 Å². The van der Waals surface area contributed by atoms with Crippen molar-refractivity contribution in [3.63, 3.8) is 0 Å². The van der Waals surface area contributed by atoms with Gasteiger partial charge in [-0.05, 0) is 36.8 Å².